The van der Waals surface area contributed by atoms with Crippen molar-refractivity contribution in [3.63, 3.8) is 0 Å². The number of hydrogen-bond acceptors (Lipinski definition) is 5. The maximum absolute atomic E-state index is 11.7. The summed E-state index contributed by atoms with van der Waals surface area (Å²) in [7, 11) is 0. The maximum atomic E-state index is 11.7. The third-order valence-corrected chi connectivity index (χ3v) is 2.54. The topological polar surface area (TPSA) is 122 Å². The Labute approximate surface area is 119 Å². The molecule has 1 heterocycles. The summed E-state index contributed by atoms with van der Waals surface area (Å²) in [4.78, 5) is 29.1. The predicted octanol–water partition coefficient (Wildman–Crippen LogP) is 0.886. The normalized spacial score (nSPS) is 11.0. The van der Waals surface area contributed by atoms with E-state index < -0.39 is 10.9 Å². The molecule has 2 aromatic rings. The van der Waals surface area contributed by atoms with Gasteiger partial charge in [-0.05, 0) is 18.2 Å². The van der Waals surface area contributed by atoms with Crippen molar-refractivity contribution in [1.29, 1.82) is 0 Å². The third-order valence-electron chi connectivity index (χ3n) is 2.54. The Kier molecular flexibility index (Phi) is 4.20. The van der Waals surface area contributed by atoms with Gasteiger partial charge in [-0.25, -0.2) is 9.78 Å². The molecule has 0 atom stereocenters. The predicted molar refractivity (Wildman–Crippen MR) is 72.2 cm³/mol. The lowest BCUT2D eigenvalue weighted by Gasteiger charge is -1.99. The number of benzene rings is 1. The van der Waals surface area contributed by atoms with Crippen LogP contribution in [0, 0.1) is 10.1 Å². The second kappa shape index (κ2) is 6.24. The van der Waals surface area contributed by atoms with Crippen molar-refractivity contribution in [2.45, 2.75) is 0 Å². The number of nitrogens with two attached hydrogens (primary N) is 1. The molecular formula is C13H11N4O4+. The Hall–Kier alpha value is -3.29. The minimum Gasteiger partial charge on any atom is -0.380 e. The molecule has 21 heavy (non-hydrogen) atoms. The van der Waals surface area contributed by atoms with Crippen LogP contribution in [-0.4, -0.2) is 16.7 Å². The summed E-state index contributed by atoms with van der Waals surface area (Å²) < 4.78 is 0. The summed E-state index contributed by atoms with van der Waals surface area (Å²) in [5.74, 6) is -0.727. The zero-order valence-corrected chi connectivity index (χ0v) is 10.7. The van der Waals surface area contributed by atoms with E-state index in [1.165, 1.54) is 24.3 Å². The van der Waals surface area contributed by atoms with Gasteiger partial charge in [-0.1, -0.05) is 5.16 Å². The van der Waals surface area contributed by atoms with Gasteiger partial charge in [-0.2, -0.15) is 0 Å². The lowest BCUT2D eigenvalue weighted by molar-refractivity contribution is -0.384. The molecule has 1 aromatic heterocycles. The summed E-state index contributed by atoms with van der Waals surface area (Å²) in [5.41, 5.74) is 6.23. The van der Waals surface area contributed by atoms with Crippen molar-refractivity contribution in [2.75, 3.05) is 0 Å². The largest absolute Gasteiger partial charge is 0.380 e. The lowest BCUT2D eigenvalue weighted by Crippen LogP contribution is -2.17. The Bertz CT molecular complexity index is 683. The van der Waals surface area contributed by atoms with Gasteiger partial charge in [0.1, 0.15) is 0 Å². The molecule has 0 bridgehead atoms. The minimum absolute atomic E-state index is 0.0297. The molecule has 0 unspecified atom stereocenters. The van der Waals surface area contributed by atoms with E-state index in [1.54, 1.807) is 24.5 Å². The molecule has 8 heteroatoms. The van der Waals surface area contributed by atoms with E-state index in [2.05, 4.69) is 15.0 Å². The van der Waals surface area contributed by atoms with Crippen LogP contribution in [0.25, 0.3) is 0 Å². The average molecular weight is 287 g/mol. The molecule has 3 N–H and O–H groups in total. The zero-order valence-electron chi connectivity index (χ0n) is 10.7. The van der Waals surface area contributed by atoms with Crippen molar-refractivity contribution < 1.29 is 19.5 Å². The molecule has 0 amide bonds. The first-order valence-electron chi connectivity index (χ1n) is 5.83. The second-order valence-corrected chi connectivity index (χ2v) is 3.95. The highest BCUT2D eigenvalue weighted by molar-refractivity contribution is 5.97. The molecule has 0 saturated heterocycles. The molecule has 0 aliphatic heterocycles. The Balaban J connectivity index is 2.06. The standard InChI is InChI=1S/C13H10N4O4/c14-12(10-2-1-7-15-8-10)16-21-13(18)9-3-5-11(6-4-9)17(19)20/h1-8H,(H2,14,16)/p+1. The number of hydrogen-bond donors (Lipinski definition) is 1. The number of amidine groups is 1. The minimum atomic E-state index is -0.757. The van der Waals surface area contributed by atoms with Gasteiger partial charge < -0.3 is 10.6 Å². The lowest BCUT2D eigenvalue weighted by atomic mass is 10.2. The third kappa shape index (κ3) is 3.60. The van der Waals surface area contributed by atoms with E-state index in [4.69, 9.17) is 5.73 Å². The monoisotopic (exact) mass is 287 g/mol. The van der Waals surface area contributed by atoms with E-state index in [-0.39, 0.29) is 17.1 Å². The number of nitro benzene ring substituents is 1. The van der Waals surface area contributed by atoms with Crippen molar-refractivity contribution in [2.24, 2.45) is 10.9 Å². The van der Waals surface area contributed by atoms with Crippen LogP contribution in [0.3, 0.4) is 0 Å². The van der Waals surface area contributed by atoms with E-state index in [0.717, 1.165) is 0 Å². The van der Waals surface area contributed by atoms with Gasteiger partial charge in [0.2, 0.25) is 0 Å². The SMILES string of the molecule is NC(=NOC(=O)c1ccc([N+](=O)[O-])cc1)c1ccc[nH+]c1. The van der Waals surface area contributed by atoms with E-state index in [1.807, 2.05) is 0 Å². The highest BCUT2D eigenvalue weighted by Crippen LogP contribution is 2.12. The fourth-order valence-corrected chi connectivity index (χ4v) is 1.47. The summed E-state index contributed by atoms with van der Waals surface area (Å²) in [6, 6.07) is 8.38. The van der Waals surface area contributed by atoms with Crippen LogP contribution < -0.4 is 10.7 Å². The average Bonchev–Trinajstić information content (AvgIpc) is 2.53. The van der Waals surface area contributed by atoms with Crippen LogP contribution in [0.1, 0.15) is 15.9 Å². The van der Waals surface area contributed by atoms with E-state index in [0.29, 0.717) is 5.56 Å². The van der Waals surface area contributed by atoms with Crippen LogP contribution >= 0.6 is 0 Å². The highest BCUT2D eigenvalue weighted by atomic mass is 16.7. The summed E-state index contributed by atoms with van der Waals surface area (Å²) in [6.45, 7) is 0. The number of aromatic nitrogens is 1. The van der Waals surface area contributed by atoms with Crippen molar-refractivity contribution >= 4 is 17.5 Å². The number of carbonyl (C=O) groups excluding carboxylic acids is 1. The number of nitrogens with zero attached hydrogens (tertiary/aromatic N) is 2. The second-order valence-electron chi connectivity index (χ2n) is 3.95. The molecule has 0 spiro atoms. The van der Waals surface area contributed by atoms with E-state index in [9.17, 15) is 14.9 Å². The molecule has 0 radical (unpaired) electrons. The zero-order chi connectivity index (χ0) is 15.2. The molecule has 8 nitrogen and oxygen atoms in total. The maximum Gasteiger partial charge on any atom is 0.365 e. The number of nitro groups is 1. The van der Waals surface area contributed by atoms with Crippen LogP contribution in [0.4, 0.5) is 5.69 Å². The van der Waals surface area contributed by atoms with Gasteiger partial charge >= 0.3 is 5.97 Å². The van der Waals surface area contributed by atoms with Crippen molar-refractivity contribution in [3.05, 3.63) is 70.0 Å². The fourth-order valence-electron chi connectivity index (χ4n) is 1.47. The molecular weight excluding hydrogens is 276 g/mol. The van der Waals surface area contributed by atoms with Gasteiger partial charge in [0, 0.05) is 18.2 Å². The summed E-state index contributed by atoms with van der Waals surface area (Å²) in [5, 5.41) is 14.0. The van der Waals surface area contributed by atoms with Crippen molar-refractivity contribution in [1.82, 2.24) is 0 Å². The summed E-state index contributed by atoms with van der Waals surface area (Å²) >= 11 is 0. The van der Waals surface area contributed by atoms with Gasteiger partial charge in [-0.3, -0.25) is 10.1 Å². The first-order chi connectivity index (χ1) is 10.1. The van der Waals surface area contributed by atoms with Crippen LogP contribution in [0.15, 0.2) is 53.9 Å². The molecule has 106 valence electrons. The first-order valence-corrected chi connectivity index (χ1v) is 5.83. The molecule has 0 saturated carbocycles. The van der Waals surface area contributed by atoms with Gasteiger partial charge in [0.15, 0.2) is 18.2 Å². The van der Waals surface area contributed by atoms with Gasteiger partial charge in [0.25, 0.3) is 5.69 Å². The number of carbonyl (C=O) groups is 1. The Morgan fingerprint density at radius 1 is 1.24 bits per heavy atom. The molecule has 0 aliphatic rings. The van der Waals surface area contributed by atoms with E-state index >= 15 is 0 Å². The van der Waals surface area contributed by atoms with Gasteiger partial charge in [-0.15, -0.1) is 0 Å². The number of nitrogens with one attached hydrogen (secondary N) is 1. The number of non-ortho nitro benzene ring substituents is 1. The number of rotatable bonds is 4. The number of pyridine rings is 1. The molecule has 2 rings (SSSR count). The smallest absolute Gasteiger partial charge is 0.365 e. The molecule has 0 aliphatic carbocycles. The highest BCUT2D eigenvalue weighted by Gasteiger charge is 2.11. The molecule has 1 aromatic carbocycles. The number of oxime groups is 1. The number of H-pyrrole nitrogens is 1. The first kappa shape index (κ1) is 14.1. The fraction of sp³-hybridized carbons (Fsp3) is 0. The van der Waals surface area contributed by atoms with Crippen LogP contribution in [0.2, 0.25) is 0 Å². The molecule has 0 fully saturated rings. The van der Waals surface area contributed by atoms with Crippen molar-refractivity contribution in [3.8, 4) is 0 Å². The Morgan fingerprint density at radius 2 is 1.95 bits per heavy atom. The Morgan fingerprint density at radius 3 is 2.52 bits per heavy atom. The van der Waals surface area contributed by atoms with Crippen LogP contribution in [-0.2, 0) is 4.84 Å². The van der Waals surface area contributed by atoms with Crippen LogP contribution in [0.5, 0.6) is 0 Å². The number of aromatic amines is 1. The quantitative estimate of drug-likeness (QED) is 0.294. The van der Waals surface area contributed by atoms with Gasteiger partial charge in [0.05, 0.1) is 16.1 Å². The summed E-state index contributed by atoms with van der Waals surface area (Å²) in [6.07, 6.45) is 3.29.